The van der Waals surface area contributed by atoms with Crippen LogP contribution in [0.15, 0.2) is 60.1 Å². The van der Waals surface area contributed by atoms with Crippen LogP contribution in [-0.2, 0) is 14.4 Å². The lowest BCUT2D eigenvalue weighted by Gasteiger charge is -2.37. The maximum absolute atomic E-state index is 14.2. The van der Waals surface area contributed by atoms with Gasteiger partial charge < -0.3 is 31.1 Å². The SMILES string of the molecule is Cc1ncsc1-c1ccc([C@H](C)NC(=O)[C@@H]2C[C@@H](O)CN2C(=O)[C@@H](CC(=O)CN2CCN(c3cc(-c4ccccc4C(=O)O)nnc3N)CC2)C(C)(C)C)cc1. The van der Waals surface area contributed by atoms with E-state index in [2.05, 4.69) is 20.5 Å². The van der Waals surface area contributed by atoms with Crippen LogP contribution in [0.25, 0.3) is 21.7 Å². The van der Waals surface area contributed by atoms with E-state index < -0.39 is 29.4 Å². The number of β-amino-alcohol motifs (C(OH)–C–C–N with tert-alkyl or cyclic N) is 1. The number of likely N-dealkylation sites (tertiary alicyclic amines) is 1. The Morgan fingerprint density at radius 2 is 1.71 bits per heavy atom. The largest absolute Gasteiger partial charge is 0.478 e. The van der Waals surface area contributed by atoms with E-state index in [-0.39, 0.29) is 61.0 Å². The molecule has 2 aromatic carbocycles. The molecule has 0 unspecified atom stereocenters. The zero-order chi connectivity index (χ0) is 40.3. The Kier molecular flexibility index (Phi) is 12.2. The quantitative estimate of drug-likeness (QED) is 0.158. The number of nitrogen functional groups attached to an aromatic ring is 1. The van der Waals surface area contributed by atoms with E-state index in [9.17, 15) is 29.4 Å². The van der Waals surface area contributed by atoms with Gasteiger partial charge in [0.15, 0.2) is 5.82 Å². The van der Waals surface area contributed by atoms with Gasteiger partial charge in [-0.1, -0.05) is 63.2 Å². The van der Waals surface area contributed by atoms with E-state index in [0.29, 0.717) is 43.1 Å². The third-order valence-corrected chi connectivity index (χ3v) is 11.7. The Labute approximate surface area is 330 Å². The van der Waals surface area contributed by atoms with Gasteiger partial charge in [0.05, 0.1) is 51.7 Å². The van der Waals surface area contributed by atoms with E-state index in [1.54, 1.807) is 35.6 Å². The van der Waals surface area contributed by atoms with Crippen LogP contribution >= 0.6 is 11.3 Å². The van der Waals surface area contributed by atoms with Gasteiger partial charge in [-0.05, 0) is 42.5 Å². The minimum Gasteiger partial charge on any atom is -0.478 e. The van der Waals surface area contributed by atoms with Crippen LogP contribution in [0.1, 0.15) is 68.2 Å². The summed E-state index contributed by atoms with van der Waals surface area (Å²) in [6.45, 7) is 12.0. The molecule has 5 N–H and O–H groups in total. The molecule has 2 aliphatic rings. The lowest BCUT2D eigenvalue weighted by Crippen LogP contribution is -2.51. The molecule has 0 bridgehead atoms. The number of rotatable bonds is 12. The maximum Gasteiger partial charge on any atom is 0.336 e. The van der Waals surface area contributed by atoms with Gasteiger partial charge in [0.1, 0.15) is 11.8 Å². The number of benzene rings is 2. The lowest BCUT2D eigenvalue weighted by molar-refractivity contribution is -0.146. The fourth-order valence-corrected chi connectivity index (χ4v) is 8.33. The number of aliphatic hydroxyl groups excluding tert-OH is 1. The molecule has 15 heteroatoms. The number of nitrogens with one attached hydrogen (secondary N) is 1. The molecule has 4 aromatic rings. The molecule has 6 rings (SSSR count). The molecule has 0 saturated carbocycles. The molecule has 2 amide bonds. The van der Waals surface area contributed by atoms with E-state index >= 15 is 0 Å². The van der Waals surface area contributed by atoms with Gasteiger partial charge in [-0.3, -0.25) is 19.3 Å². The Hall–Kier alpha value is -5.25. The monoisotopic (exact) mass is 782 g/mol. The molecule has 4 atom stereocenters. The van der Waals surface area contributed by atoms with Crippen molar-refractivity contribution in [2.75, 3.05) is 49.9 Å². The highest BCUT2D eigenvalue weighted by atomic mass is 32.1. The number of ketones is 1. The molecule has 0 aliphatic carbocycles. The number of aryl methyl sites for hydroxylation is 1. The Morgan fingerprint density at radius 1 is 1.02 bits per heavy atom. The van der Waals surface area contributed by atoms with Crippen molar-refractivity contribution in [3.05, 3.63) is 76.9 Å². The predicted octanol–water partition coefficient (Wildman–Crippen LogP) is 4.44. The van der Waals surface area contributed by atoms with Crippen molar-refractivity contribution >= 4 is 46.4 Å². The number of nitrogens with two attached hydrogens (primary N) is 1. The van der Waals surface area contributed by atoms with Gasteiger partial charge >= 0.3 is 5.97 Å². The van der Waals surface area contributed by atoms with Crippen molar-refractivity contribution in [3.63, 3.8) is 0 Å². The maximum atomic E-state index is 14.2. The molecule has 4 heterocycles. The van der Waals surface area contributed by atoms with Gasteiger partial charge in [-0.25, -0.2) is 9.78 Å². The highest BCUT2D eigenvalue weighted by molar-refractivity contribution is 7.13. The van der Waals surface area contributed by atoms with Crippen molar-refractivity contribution in [1.82, 2.24) is 30.3 Å². The number of hydrogen-bond donors (Lipinski definition) is 4. The van der Waals surface area contributed by atoms with E-state index in [1.165, 1.54) is 11.0 Å². The standard InChI is InChI=1S/C41H50N8O6S/c1-24(26-10-12-27(13-11-26)36-25(2)43-23-56-36)44-38(52)35-19-29(51)22-49(35)39(53)32(41(3,4)5)18-28(50)21-47-14-16-48(17-15-47)34-20-33(45-46-37(34)42)30-8-6-7-9-31(30)40(54)55/h6-13,20,23-24,29,32,35,51H,14-19,21-22H2,1-5H3,(H2,42,46)(H,44,52)(H,54,55)/t24-,29+,32+,35-/m0/s1. The van der Waals surface area contributed by atoms with E-state index in [4.69, 9.17) is 5.73 Å². The summed E-state index contributed by atoms with van der Waals surface area (Å²) in [6, 6.07) is 15.1. The third-order valence-electron chi connectivity index (χ3n) is 10.8. The average molecular weight is 783 g/mol. The Morgan fingerprint density at radius 3 is 2.36 bits per heavy atom. The van der Waals surface area contributed by atoms with E-state index in [0.717, 1.165) is 21.7 Å². The number of carbonyl (C=O) groups is 4. The first kappa shape index (κ1) is 40.4. The smallest absolute Gasteiger partial charge is 0.336 e. The summed E-state index contributed by atoms with van der Waals surface area (Å²) in [5, 5.41) is 31.7. The molecular formula is C41H50N8O6S. The minimum absolute atomic E-state index is 0.000955. The highest BCUT2D eigenvalue weighted by Gasteiger charge is 2.44. The van der Waals surface area contributed by atoms with Crippen LogP contribution in [0.5, 0.6) is 0 Å². The van der Waals surface area contributed by atoms with Gasteiger partial charge in [-0.15, -0.1) is 21.5 Å². The average Bonchev–Trinajstić information content (AvgIpc) is 3.79. The summed E-state index contributed by atoms with van der Waals surface area (Å²) >= 11 is 1.58. The predicted molar refractivity (Wildman–Crippen MR) is 215 cm³/mol. The van der Waals surface area contributed by atoms with E-state index in [1.807, 2.05) is 74.2 Å². The molecule has 0 radical (unpaired) electrons. The number of aliphatic hydroxyl groups is 1. The summed E-state index contributed by atoms with van der Waals surface area (Å²) in [7, 11) is 0. The van der Waals surface area contributed by atoms with Crippen molar-refractivity contribution in [3.8, 4) is 21.7 Å². The molecule has 14 nitrogen and oxygen atoms in total. The second-order valence-corrected chi connectivity index (χ2v) is 16.6. The van der Waals surface area contributed by atoms with Crippen molar-refractivity contribution in [1.29, 1.82) is 0 Å². The summed E-state index contributed by atoms with van der Waals surface area (Å²) in [5.74, 6) is -2.29. The fraction of sp³-hybridized carbons (Fsp3) is 0.439. The molecule has 296 valence electrons. The summed E-state index contributed by atoms with van der Waals surface area (Å²) in [6.07, 6.45) is -0.736. The van der Waals surface area contributed by atoms with Crippen LogP contribution < -0.4 is 16.0 Å². The summed E-state index contributed by atoms with van der Waals surface area (Å²) < 4.78 is 0. The molecular weight excluding hydrogens is 733 g/mol. The number of nitrogens with zero attached hydrogens (tertiary/aromatic N) is 6. The van der Waals surface area contributed by atoms with Gasteiger partial charge in [-0.2, -0.15) is 0 Å². The highest BCUT2D eigenvalue weighted by Crippen LogP contribution is 2.35. The van der Waals surface area contributed by atoms with Gasteiger partial charge in [0, 0.05) is 57.0 Å². The first-order valence-electron chi connectivity index (χ1n) is 18.8. The van der Waals surface area contributed by atoms with Gasteiger partial charge in [0.2, 0.25) is 11.8 Å². The van der Waals surface area contributed by atoms with Crippen LogP contribution in [0.3, 0.4) is 0 Å². The van der Waals surface area contributed by atoms with Crippen LogP contribution in [-0.4, -0.2) is 110 Å². The van der Waals surface area contributed by atoms with Crippen molar-refractivity contribution < 1.29 is 29.4 Å². The molecule has 0 spiro atoms. The fourth-order valence-electron chi connectivity index (χ4n) is 7.52. The number of carboxylic acids is 1. The Bertz CT molecular complexity index is 2070. The van der Waals surface area contributed by atoms with Crippen molar-refractivity contribution in [2.45, 2.75) is 65.6 Å². The number of Topliss-reactive ketones (excluding diaryl/α,β-unsaturated/α-hetero) is 1. The number of carbonyl (C=O) groups excluding carboxylic acids is 3. The Balaban J connectivity index is 1.06. The second kappa shape index (κ2) is 16.9. The number of thiazole rings is 1. The topological polar surface area (TPSA) is 195 Å². The molecule has 56 heavy (non-hydrogen) atoms. The normalized spacial score (nSPS) is 18.8. The van der Waals surface area contributed by atoms with Crippen molar-refractivity contribution in [2.24, 2.45) is 11.3 Å². The first-order valence-corrected chi connectivity index (χ1v) is 19.7. The van der Waals surface area contributed by atoms with Gasteiger partial charge in [0.25, 0.3) is 0 Å². The number of aromatic nitrogens is 3. The zero-order valence-electron chi connectivity index (χ0n) is 32.4. The molecule has 2 aliphatic heterocycles. The zero-order valence-corrected chi connectivity index (χ0v) is 33.3. The molecule has 2 saturated heterocycles. The number of amides is 2. The van der Waals surface area contributed by atoms with Crippen LogP contribution in [0.2, 0.25) is 0 Å². The number of aromatic carboxylic acids is 1. The summed E-state index contributed by atoms with van der Waals surface area (Å²) in [4.78, 5) is 64.3. The molecule has 2 fully saturated rings. The first-order chi connectivity index (χ1) is 26.6. The number of piperazine rings is 1. The minimum atomic E-state index is -1.07. The third kappa shape index (κ3) is 9.06. The number of carboxylic acid groups (broad SMARTS) is 1. The van der Waals surface area contributed by atoms with Crippen LogP contribution in [0.4, 0.5) is 11.5 Å². The number of hydrogen-bond acceptors (Lipinski definition) is 12. The van der Waals surface area contributed by atoms with Crippen LogP contribution in [0, 0.1) is 18.3 Å². The number of anilines is 2. The summed E-state index contributed by atoms with van der Waals surface area (Å²) in [5.41, 5.74) is 12.0. The second-order valence-electron chi connectivity index (χ2n) is 15.8. The molecule has 2 aromatic heterocycles. The lowest BCUT2D eigenvalue weighted by atomic mass is 9.76.